The molecule has 1 aliphatic carbocycles. The number of anilines is 1. The van der Waals surface area contributed by atoms with Crippen molar-refractivity contribution in [3.05, 3.63) is 47.1 Å². The second-order valence-corrected chi connectivity index (χ2v) is 5.57. The zero-order chi connectivity index (χ0) is 12.3. The van der Waals surface area contributed by atoms with Crippen LogP contribution in [0.15, 0.2) is 41.5 Å². The van der Waals surface area contributed by atoms with Crippen molar-refractivity contribution in [2.45, 2.75) is 32.4 Å². The van der Waals surface area contributed by atoms with Crippen molar-refractivity contribution in [2.24, 2.45) is 0 Å². The lowest BCUT2D eigenvalue weighted by Gasteiger charge is -2.40. The predicted molar refractivity (Wildman–Crippen MR) is 73.2 cm³/mol. The zero-order valence-corrected chi connectivity index (χ0v) is 10.8. The molecule has 2 unspecified atom stereocenters. The summed E-state index contributed by atoms with van der Waals surface area (Å²) in [5.41, 5.74) is 5.44. The highest BCUT2D eigenvalue weighted by Gasteiger charge is 2.42. The van der Waals surface area contributed by atoms with Crippen LogP contribution in [-0.4, -0.2) is 18.7 Å². The van der Waals surface area contributed by atoms with Gasteiger partial charge in [-0.05, 0) is 49.6 Å². The Hall–Kier alpha value is -1.70. The number of ether oxygens (including phenoxy) is 1. The average molecular weight is 239 g/mol. The van der Waals surface area contributed by atoms with Crippen LogP contribution in [0.2, 0.25) is 0 Å². The van der Waals surface area contributed by atoms with Gasteiger partial charge in [-0.25, -0.2) is 0 Å². The Morgan fingerprint density at radius 3 is 3.06 bits per heavy atom. The quantitative estimate of drug-likeness (QED) is 0.689. The molecule has 2 heteroatoms. The monoisotopic (exact) mass is 239 g/mol. The van der Waals surface area contributed by atoms with Gasteiger partial charge in [-0.15, -0.1) is 0 Å². The highest BCUT2D eigenvalue weighted by molar-refractivity contribution is 5.66. The Kier molecular flexibility index (Phi) is 1.94. The van der Waals surface area contributed by atoms with Gasteiger partial charge in [0.2, 0.25) is 0 Å². The topological polar surface area (TPSA) is 12.5 Å². The Bertz CT molecular complexity index is 585. The second-order valence-electron chi connectivity index (χ2n) is 5.57. The average Bonchev–Trinajstić information content (AvgIpc) is 2.75. The molecule has 3 aliphatic rings. The summed E-state index contributed by atoms with van der Waals surface area (Å²) in [4.78, 5) is 2.52. The molecule has 2 nitrogen and oxygen atoms in total. The zero-order valence-electron chi connectivity index (χ0n) is 10.8. The van der Waals surface area contributed by atoms with Crippen molar-refractivity contribution < 1.29 is 4.74 Å². The number of hydrogen-bond acceptors (Lipinski definition) is 2. The molecule has 0 spiro atoms. The van der Waals surface area contributed by atoms with E-state index in [1.807, 2.05) is 0 Å². The largest absolute Gasteiger partial charge is 0.482 e. The Labute approximate surface area is 108 Å². The first-order valence-electron chi connectivity index (χ1n) is 6.65. The third kappa shape index (κ3) is 1.29. The fourth-order valence-corrected chi connectivity index (χ4v) is 3.44. The van der Waals surface area contributed by atoms with E-state index in [4.69, 9.17) is 4.74 Å². The summed E-state index contributed by atoms with van der Waals surface area (Å²) >= 11 is 0. The summed E-state index contributed by atoms with van der Waals surface area (Å²) in [5, 5.41) is 0. The Morgan fingerprint density at radius 1 is 1.28 bits per heavy atom. The summed E-state index contributed by atoms with van der Waals surface area (Å²) in [5.74, 6) is 1.04. The third-order valence-electron chi connectivity index (χ3n) is 4.20. The molecule has 1 aromatic carbocycles. The van der Waals surface area contributed by atoms with Gasteiger partial charge in [0.05, 0.1) is 11.7 Å². The summed E-state index contributed by atoms with van der Waals surface area (Å²) in [7, 11) is 0. The van der Waals surface area contributed by atoms with Gasteiger partial charge >= 0.3 is 0 Å². The van der Waals surface area contributed by atoms with Crippen molar-refractivity contribution in [3.8, 4) is 5.75 Å². The van der Waals surface area contributed by atoms with Crippen LogP contribution >= 0.6 is 0 Å². The van der Waals surface area contributed by atoms with Gasteiger partial charge in [0, 0.05) is 6.54 Å². The van der Waals surface area contributed by atoms with E-state index in [9.17, 15) is 0 Å². The Morgan fingerprint density at radius 2 is 2.17 bits per heavy atom. The molecule has 2 atom stereocenters. The standard InChI is InChI=1S/C16H17NO/c1-10-3-4-14-13(8-10)17-6-5-12-7-11(2)9-15(18-14)16(12)17/h3-4,7-9,15-16H,5-6H2,1-2H3. The van der Waals surface area contributed by atoms with Crippen LogP contribution in [0.5, 0.6) is 5.75 Å². The van der Waals surface area contributed by atoms with Gasteiger partial charge in [0.1, 0.15) is 11.9 Å². The van der Waals surface area contributed by atoms with Crippen LogP contribution in [0.1, 0.15) is 18.9 Å². The summed E-state index contributed by atoms with van der Waals surface area (Å²) in [6.07, 6.45) is 5.96. The molecule has 0 amide bonds. The van der Waals surface area contributed by atoms with E-state index in [-0.39, 0.29) is 6.10 Å². The fraction of sp³-hybridized carbons (Fsp3) is 0.375. The van der Waals surface area contributed by atoms with Gasteiger partial charge in [-0.2, -0.15) is 0 Å². The van der Waals surface area contributed by atoms with E-state index in [2.05, 4.69) is 49.1 Å². The minimum atomic E-state index is 0.197. The summed E-state index contributed by atoms with van der Waals surface area (Å²) in [6.45, 7) is 5.43. The Balaban J connectivity index is 1.88. The first kappa shape index (κ1) is 10.2. The van der Waals surface area contributed by atoms with Gasteiger partial charge in [0.15, 0.2) is 0 Å². The number of benzene rings is 1. The molecule has 0 bridgehead atoms. The van der Waals surface area contributed by atoms with Crippen molar-refractivity contribution >= 4 is 5.69 Å². The highest BCUT2D eigenvalue weighted by atomic mass is 16.5. The molecule has 92 valence electrons. The molecule has 18 heavy (non-hydrogen) atoms. The lowest BCUT2D eigenvalue weighted by molar-refractivity contribution is 0.213. The first-order valence-corrected chi connectivity index (χ1v) is 6.65. The van der Waals surface area contributed by atoms with E-state index >= 15 is 0 Å². The second kappa shape index (κ2) is 3.41. The van der Waals surface area contributed by atoms with Crippen molar-refractivity contribution in [1.29, 1.82) is 0 Å². The van der Waals surface area contributed by atoms with Gasteiger partial charge < -0.3 is 9.64 Å². The maximum Gasteiger partial charge on any atom is 0.143 e. The van der Waals surface area contributed by atoms with Crippen molar-refractivity contribution in [3.63, 3.8) is 0 Å². The number of rotatable bonds is 0. The van der Waals surface area contributed by atoms with E-state index < -0.39 is 0 Å². The van der Waals surface area contributed by atoms with Crippen LogP contribution in [0, 0.1) is 6.92 Å². The van der Waals surface area contributed by atoms with Gasteiger partial charge in [-0.3, -0.25) is 0 Å². The maximum atomic E-state index is 6.18. The molecule has 1 aromatic rings. The molecule has 0 radical (unpaired) electrons. The molecule has 4 rings (SSSR count). The number of aryl methyl sites for hydroxylation is 1. The van der Waals surface area contributed by atoms with Crippen molar-refractivity contribution in [1.82, 2.24) is 0 Å². The molecule has 1 saturated heterocycles. The van der Waals surface area contributed by atoms with E-state index in [0.717, 1.165) is 12.3 Å². The smallest absolute Gasteiger partial charge is 0.143 e. The third-order valence-corrected chi connectivity index (χ3v) is 4.20. The molecule has 0 saturated carbocycles. The molecular formula is C16H17NO. The maximum absolute atomic E-state index is 6.18. The van der Waals surface area contributed by atoms with Crippen LogP contribution < -0.4 is 9.64 Å². The van der Waals surface area contributed by atoms with E-state index in [1.165, 1.54) is 28.8 Å². The van der Waals surface area contributed by atoms with E-state index in [0.29, 0.717) is 6.04 Å². The number of allylic oxidation sites excluding steroid dienone is 2. The van der Waals surface area contributed by atoms with Crippen molar-refractivity contribution in [2.75, 3.05) is 11.4 Å². The number of hydrogen-bond donors (Lipinski definition) is 0. The molecular weight excluding hydrogens is 222 g/mol. The van der Waals surface area contributed by atoms with Gasteiger partial charge in [0.25, 0.3) is 0 Å². The highest BCUT2D eigenvalue weighted by Crippen LogP contribution is 2.44. The molecule has 2 aliphatic heterocycles. The fourth-order valence-electron chi connectivity index (χ4n) is 3.44. The number of nitrogens with zero attached hydrogens (tertiary/aromatic N) is 1. The van der Waals surface area contributed by atoms with Crippen LogP contribution in [0.3, 0.4) is 0 Å². The lowest BCUT2D eigenvalue weighted by Crippen LogP contribution is -2.46. The molecule has 0 N–H and O–H groups in total. The molecule has 2 heterocycles. The lowest BCUT2D eigenvalue weighted by atomic mass is 9.92. The van der Waals surface area contributed by atoms with Gasteiger partial charge in [-0.1, -0.05) is 17.7 Å². The first-order chi connectivity index (χ1) is 8.72. The summed E-state index contributed by atoms with van der Waals surface area (Å²) in [6, 6.07) is 6.92. The normalized spacial score (nSPS) is 28.0. The van der Waals surface area contributed by atoms with Crippen LogP contribution in [0.4, 0.5) is 5.69 Å². The molecule has 1 fully saturated rings. The number of fused-ring (bicyclic) bond motifs is 2. The minimum Gasteiger partial charge on any atom is -0.482 e. The SMILES string of the molecule is CC1=CC2Oc3ccc(C)cc3N3CCC(=C1)C23. The predicted octanol–water partition coefficient (Wildman–Crippen LogP) is 3.22. The van der Waals surface area contributed by atoms with Crippen LogP contribution in [0.25, 0.3) is 0 Å². The molecule has 0 aromatic heterocycles. The minimum absolute atomic E-state index is 0.197. The summed E-state index contributed by atoms with van der Waals surface area (Å²) < 4.78 is 6.18. The van der Waals surface area contributed by atoms with Crippen LogP contribution in [-0.2, 0) is 0 Å². The van der Waals surface area contributed by atoms with E-state index in [1.54, 1.807) is 0 Å².